The smallest absolute Gasteiger partial charge is 0.423 e. The van der Waals surface area contributed by atoms with Crippen LogP contribution in [0, 0.1) is 0 Å². The Bertz CT molecular complexity index is 5940. The van der Waals surface area contributed by atoms with Gasteiger partial charge in [-0.3, -0.25) is 0 Å². The van der Waals surface area contributed by atoms with Gasteiger partial charge in [-0.2, -0.15) is 9.97 Å². The van der Waals surface area contributed by atoms with Crippen molar-refractivity contribution in [2.45, 2.75) is 0 Å². The molecule has 12 heteroatoms. The number of fused-ring (bicyclic) bond motifs is 8. The Labute approximate surface area is 579 Å². The first-order chi connectivity index (χ1) is 48.3. The van der Waals surface area contributed by atoms with Gasteiger partial charge in [0, 0.05) is 62.8 Å². The summed E-state index contributed by atoms with van der Waals surface area (Å²) in [5.41, 5.74) is 14.5. The number of nitrogens with zero attached hydrogens (tertiary/aromatic N) is 6. The number of benzene rings is 14. The van der Waals surface area contributed by atoms with Gasteiger partial charge in [0.1, 0.15) is 0 Å². The molecule has 2 N–H and O–H groups in total. The van der Waals surface area contributed by atoms with E-state index in [-0.39, 0.29) is 5.28 Å². The van der Waals surface area contributed by atoms with E-state index in [2.05, 4.69) is 253 Å². The van der Waals surface area contributed by atoms with Crippen molar-refractivity contribution in [3.05, 3.63) is 333 Å². The first kappa shape index (κ1) is 61.2. The molecular formula is C86H56BClN6O2S2. The fourth-order valence-corrected chi connectivity index (χ4v) is 15.4. The summed E-state index contributed by atoms with van der Waals surface area (Å²) in [5, 5.41) is 28.4. The molecule has 0 unspecified atom stereocenters. The lowest BCUT2D eigenvalue weighted by Gasteiger charge is -2.11. The average molecular weight is 1320 g/mol. The van der Waals surface area contributed by atoms with Crippen molar-refractivity contribution in [3.8, 4) is 101 Å². The third kappa shape index (κ3) is 12.5. The van der Waals surface area contributed by atoms with Gasteiger partial charge in [-0.1, -0.05) is 297 Å². The van der Waals surface area contributed by atoms with Gasteiger partial charge < -0.3 is 10.0 Å². The van der Waals surface area contributed by atoms with E-state index in [9.17, 15) is 10.0 Å². The molecule has 8 nitrogen and oxygen atoms in total. The molecule has 0 spiro atoms. The predicted octanol–water partition coefficient (Wildman–Crippen LogP) is 21.8. The zero-order valence-electron chi connectivity index (χ0n) is 52.5. The molecule has 0 aliphatic rings. The Hall–Kier alpha value is -11.7. The first-order valence-electron chi connectivity index (χ1n) is 32.1. The van der Waals surface area contributed by atoms with Crippen LogP contribution in [0.3, 0.4) is 0 Å². The largest absolute Gasteiger partial charge is 0.489 e. The topological polar surface area (TPSA) is 118 Å². The number of rotatable bonds is 10. The quantitative estimate of drug-likeness (QED) is 0.130. The van der Waals surface area contributed by atoms with Gasteiger partial charge >= 0.3 is 7.12 Å². The molecule has 98 heavy (non-hydrogen) atoms. The monoisotopic (exact) mass is 1310 g/mol. The molecule has 0 saturated carbocycles. The molecule has 4 heterocycles. The van der Waals surface area contributed by atoms with Gasteiger partial charge in [0.05, 0.1) is 0 Å². The van der Waals surface area contributed by atoms with Crippen LogP contribution in [-0.2, 0) is 0 Å². The summed E-state index contributed by atoms with van der Waals surface area (Å²) in [7, 11) is -1.41. The summed E-state index contributed by atoms with van der Waals surface area (Å²) in [6.45, 7) is 0. The second-order valence-electron chi connectivity index (χ2n) is 23.6. The van der Waals surface area contributed by atoms with Crippen molar-refractivity contribution in [1.82, 2.24) is 29.9 Å². The van der Waals surface area contributed by atoms with Crippen LogP contribution in [0.25, 0.3) is 163 Å². The molecule has 4 aromatic heterocycles. The van der Waals surface area contributed by atoms with Gasteiger partial charge in [-0.25, -0.2) is 19.9 Å². The number of halogens is 1. The van der Waals surface area contributed by atoms with E-state index >= 15 is 0 Å². The first-order valence-corrected chi connectivity index (χ1v) is 34.1. The van der Waals surface area contributed by atoms with E-state index in [1.165, 1.54) is 74.1 Å². The van der Waals surface area contributed by atoms with E-state index in [1.807, 2.05) is 78.9 Å². The van der Waals surface area contributed by atoms with Crippen LogP contribution < -0.4 is 5.46 Å². The zero-order valence-corrected chi connectivity index (χ0v) is 54.9. The SMILES string of the molecule is Clc1nc(-c2ccc(-c3ccccc3)cc2)nc(-c2cccc(-c3cccc4ccccc34)c2)n1.OB(O)c1cccc2c1sc1ccccc12.c1ccc(-c2ccc(-c3nc(-c4cccc(-c5cccc6ccccc56)c4)nc(-c4cccc5c4sc4ccccc45)n3)cc2)cc1. The summed E-state index contributed by atoms with van der Waals surface area (Å²) in [5.74, 6) is 3.07. The molecule has 0 fully saturated rings. The minimum Gasteiger partial charge on any atom is -0.423 e. The molecule has 0 atom stereocenters. The lowest BCUT2D eigenvalue weighted by molar-refractivity contribution is 0.426. The number of aromatic nitrogens is 6. The molecule has 0 saturated heterocycles. The summed E-state index contributed by atoms with van der Waals surface area (Å²) in [6.07, 6.45) is 0. The Kier molecular flexibility index (Phi) is 17.0. The summed E-state index contributed by atoms with van der Waals surface area (Å²) in [4.78, 5) is 29.0. The zero-order chi connectivity index (χ0) is 65.9. The second-order valence-corrected chi connectivity index (χ2v) is 26.1. The Morgan fingerprint density at radius 3 is 1.09 bits per heavy atom. The second kappa shape index (κ2) is 27.2. The standard InChI is InChI=1S/C43H27N3S.C31H20ClN3.C12H9BO2S/c1-2-11-28(12-3-1)29-23-25-31(26-24-29)41-44-42(33-16-8-15-32(27-33)35-19-9-14-30-13-4-5-17-34(30)35)46-43(45-41)38-21-10-20-37-36-18-6-7-22-39(36)47-40(37)38;32-31-34-29(24-18-16-22(17-19-24)21-8-2-1-3-9-21)33-30(35-31)26-13-6-12-25(20-26)28-15-7-11-23-10-4-5-14-27(23)28;14-13(15)10-6-3-5-9-8-4-1-2-7-11(8)16-12(9)10/h1-27H;1-20H;1-7,14-15H. The highest BCUT2D eigenvalue weighted by Crippen LogP contribution is 2.41. The van der Waals surface area contributed by atoms with Crippen LogP contribution in [-0.4, -0.2) is 47.1 Å². The molecule has 0 amide bonds. The molecule has 0 aliphatic heterocycles. The molecule has 0 aliphatic carbocycles. The predicted molar refractivity (Wildman–Crippen MR) is 411 cm³/mol. The van der Waals surface area contributed by atoms with Crippen LogP contribution >= 0.6 is 34.3 Å². The van der Waals surface area contributed by atoms with Crippen LogP contribution in [0.2, 0.25) is 5.28 Å². The van der Waals surface area contributed by atoms with Crippen LogP contribution in [0.15, 0.2) is 328 Å². The normalized spacial score (nSPS) is 11.2. The van der Waals surface area contributed by atoms with Crippen LogP contribution in [0.4, 0.5) is 0 Å². The van der Waals surface area contributed by atoms with E-state index in [1.54, 1.807) is 28.7 Å². The van der Waals surface area contributed by atoms with Crippen molar-refractivity contribution < 1.29 is 10.0 Å². The molecule has 18 rings (SSSR count). The molecule has 0 bridgehead atoms. The third-order valence-corrected chi connectivity index (χ3v) is 20.2. The maximum atomic E-state index is 9.31. The number of hydrogen-bond donors (Lipinski definition) is 2. The van der Waals surface area contributed by atoms with Crippen molar-refractivity contribution >= 4 is 109 Å². The fourth-order valence-electron chi connectivity index (χ4n) is 12.7. The maximum Gasteiger partial charge on any atom is 0.489 e. The van der Waals surface area contributed by atoms with Gasteiger partial charge in [0.25, 0.3) is 0 Å². The van der Waals surface area contributed by atoms with Crippen molar-refractivity contribution in [2.24, 2.45) is 0 Å². The number of thiophene rings is 2. The molecule has 464 valence electrons. The van der Waals surface area contributed by atoms with Crippen LogP contribution in [0.1, 0.15) is 0 Å². The number of hydrogen-bond acceptors (Lipinski definition) is 10. The minimum atomic E-state index is -1.41. The lowest BCUT2D eigenvalue weighted by atomic mass is 9.80. The highest BCUT2D eigenvalue weighted by atomic mass is 35.5. The van der Waals surface area contributed by atoms with Gasteiger partial charge in [-0.15, -0.1) is 22.7 Å². The maximum absolute atomic E-state index is 9.31. The van der Waals surface area contributed by atoms with Crippen molar-refractivity contribution in [2.75, 3.05) is 0 Å². The minimum absolute atomic E-state index is 0.174. The van der Waals surface area contributed by atoms with Gasteiger partial charge in [0.15, 0.2) is 29.1 Å². The molecule has 0 radical (unpaired) electrons. The lowest BCUT2D eigenvalue weighted by Crippen LogP contribution is -2.29. The van der Waals surface area contributed by atoms with E-state index < -0.39 is 7.12 Å². The van der Waals surface area contributed by atoms with Gasteiger partial charge in [-0.05, 0) is 119 Å². The highest BCUT2D eigenvalue weighted by Gasteiger charge is 2.20. The van der Waals surface area contributed by atoms with Crippen LogP contribution in [0.5, 0.6) is 0 Å². The molecule has 14 aromatic carbocycles. The van der Waals surface area contributed by atoms with Crippen molar-refractivity contribution in [3.63, 3.8) is 0 Å². The Morgan fingerprint density at radius 2 is 0.571 bits per heavy atom. The van der Waals surface area contributed by atoms with E-state index in [4.69, 9.17) is 31.5 Å². The van der Waals surface area contributed by atoms with E-state index in [0.29, 0.717) is 34.6 Å². The Balaban J connectivity index is 0.000000128. The third-order valence-electron chi connectivity index (χ3n) is 17.5. The van der Waals surface area contributed by atoms with Gasteiger partial charge in [0.2, 0.25) is 5.28 Å². The fraction of sp³-hybridized carbons (Fsp3) is 0. The summed E-state index contributed by atoms with van der Waals surface area (Å²) in [6, 6.07) is 113. The summed E-state index contributed by atoms with van der Waals surface area (Å²) < 4.78 is 4.56. The molecular weight excluding hydrogens is 1260 g/mol. The highest BCUT2D eigenvalue weighted by molar-refractivity contribution is 7.27. The van der Waals surface area contributed by atoms with E-state index in [0.717, 1.165) is 60.2 Å². The average Bonchev–Trinajstić information content (AvgIpc) is 1.47. The van der Waals surface area contributed by atoms with Crippen molar-refractivity contribution in [1.29, 1.82) is 0 Å². The summed E-state index contributed by atoms with van der Waals surface area (Å²) >= 11 is 9.73. The Morgan fingerprint density at radius 1 is 0.245 bits per heavy atom. The molecule has 18 aromatic rings.